The molecule has 1 aromatic rings. The fraction of sp³-hybridized carbons (Fsp3) is 0.444. The molecular weight excluding hydrogens is 290 g/mol. The molecule has 2 unspecified atom stereocenters. The molecule has 0 bridgehead atoms. The maximum absolute atomic E-state index is 12.6. The second-order valence-electron chi connectivity index (χ2n) is 5.95. The molecule has 1 aromatic carbocycles. The fourth-order valence-electron chi connectivity index (χ4n) is 2.92. The Labute approximate surface area is 137 Å². The molecular formula is C18H25N3O2. The lowest BCUT2D eigenvalue weighted by Crippen LogP contribution is -2.51. The van der Waals surface area contributed by atoms with Crippen molar-refractivity contribution in [2.24, 2.45) is 5.73 Å². The van der Waals surface area contributed by atoms with E-state index in [0.29, 0.717) is 6.54 Å². The van der Waals surface area contributed by atoms with Gasteiger partial charge in [0, 0.05) is 6.54 Å². The topological polar surface area (TPSA) is 75.4 Å². The number of carbonyl (C=O) groups is 2. The second kappa shape index (κ2) is 8.36. The van der Waals surface area contributed by atoms with Crippen molar-refractivity contribution < 1.29 is 9.59 Å². The number of nitrogens with two attached hydrogens (primary N) is 1. The highest BCUT2D eigenvalue weighted by Gasteiger charge is 2.27. The van der Waals surface area contributed by atoms with Crippen LogP contribution in [-0.4, -0.2) is 35.5 Å². The van der Waals surface area contributed by atoms with Crippen molar-refractivity contribution in [2.75, 3.05) is 6.54 Å². The van der Waals surface area contributed by atoms with Crippen LogP contribution in [0.25, 0.3) is 6.08 Å². The molecule has 0 aliphatic carbocycles. The van der Waals surface area contributed by atoms with Crippen molar-refractivity contribution in [3.05, 3.63) is 42.0 Å². The Kier molecular flexibility index (Phi) is 6.20. The zero-order chi connectivity index (χ0) is 16.7. The molecule has 1 aliphatic rings. The van der Waals surface area contributed by atoms with Gasteiger partial charge in [0.2, 0.25) is 5.91 Å². The number of nitrogens with one attached hydrogen (secondary N) is 1. The van der Waals surface area contributed by atoms with Crippen molar-refractivity contribution >= 4 is 18.0 Å². The number of carbonyl (C=O) groups excluding carboxylic acids is 2. The fourth-order valence-corrected chi connectivity index (χ4v) is 2.92. The summed E-state index contributed by atoms with van der Waals surface area (Å²) in [5, 5.41) is 2.48. The average Bonchev–Trinajstić information content (AvgIpc) is 2.78. The van der Waals surface area contributed by atoms with Gasteiger partial charge in [-0.3, -0.25) is 4.79 Å². The lowest BCUT2D eigenvalue weighted by atomic mass is 10.1. The first-order chi connectivity index (χ1) is 11.1. The standard InChI is InChI=1S/C18H25N3O2/c1-14(20-18(19)23)17(22)21-13-7-3-6-10-16(21)12-11-15-8-4-2-5-9-15/h2,4-5,8-9,11-12,14,16H,3,6-7,10,13H2,1H3,(H3,19,20,23)/b12-11+. The van der Waals surface area contributed by atoms with E-state index in [9.17, 15) is 9.59 Å². The summed E-state index contributed by atoms with van der Waals surface area (Å²) in [5.41, 5.74) is 6.24. The summed E-state index contributed by atoms with van der Waals surface area (Å²) in [5.74, 6) is -0.0755. The van der Waals surface area contributed by atoms with E-state index in [2.05, 4.69) is 17.5 Å². The monoisotopic (exact) mass is 315 g/mol. The third-order valence-electron chi connectivity index (χ3n) is 4.12. The van der Waals surface area contributed by atoms with Crippen molar-refractivity contribution in [3.63, 3.8) is 0 Å². The van der Waals surface area contributed by atoms with E-state index in [1.54, 1.807) is 6.92 Å². The molecule has 0 aromatic heterocycles. The van der Waals surface area contributed by atoms with Crippen LogP contribution >= 0.6 is 0 Å². The molecule has 3 N–H and O–H groups in total. The van der Waals surface area contributed by atoms with Crippen LogP contribution in [0.15, 0.2) is 36.4 Å². The molecule has 23 heavy (non-hydrogen) atoms. The van der Waals surface area contributed by atoms with Gasteiger partial charge in [0.15, 0.2) is 0 Å². The summed E-state index contributed by atoms with van der Waals surface area (Å²) in [7, 11) is 0. The second-order valence-corrected chi connectivity index (χ2v) is 5.95. The Morgan fingerprint density at radius 3 is 2.70 bits per heavy atom. The Balaban J connectivity index is 2.11. The third kappa shape index (κ3) is 5.13. The predicted molar refractivity (Wildman–Crippen MR) is 91.6 cm³/mol. The van der Waals surface area contributed by atoms with Crippen LogP contribution in [0.1, 0.15) is 38.2 Å². The summed E-state index contributed by atoms with van der Waals surface area (Å²) >= 11 is 0. The molecule has 0 saturated carbocycles. The van der Waals surface area contributed by atoms with E-state index in [1.807, 2.05) is 35.2 Å². The highest BCUT2D eigenvalue weighted by molar-refractivity contribution is 5.86. The maximum atomic E-state index is 12.6. The number of nitrogens with zero attached hydrogens (tertiary/aromatic N) is 1. The molecule has 2 atom stereocenters. The molecule has 3 amide bonds. The Bertz CT molecular complexity index is 557. The molecule has 1 fully saturated rings. The first-order valence-corrected chi connectivity index (χ1v) is 8.17. The maximum Gasteiger partial charge on any atom is 0.312 e. The SMILES string of the molecule is CC(NC(N)=O)C(=O)N1CCCCCC1/C=C/c1ccccc1. The van der Waals surface area contributed by atoms with Gasteiger partial charge in [-0.25, -0.2) is 4.79 Å². The van der Waals surface area contributed by atoms with Crippen molar-refractivity contribution in [1.82, 2.24) is 10.2 Å². The minimum Gasteiger partial charge on any atom is -0.352 e. The number of hydrogen-bond donors (Lipinski definition) is 2. The summed E-state index contributed by atoms with van der Waals surface area (Å²) < 4.78 is 0. The minimum atomic E-state index is -0.669. The van der Waals surface area contributed by atoms with Crippen molar-refractivity contribution in [1.29, 1.82) is 0 Å². The number of urea groups is 1. The molecule has 5 nitrogen and oxygen atoms in total. The van der Waals surface area contributed by atoms with Crippen LogP contribution in [0.3, 0.4) is 0 Å². The number of amides is 3. The van der Waals surface area contributed by atoms with E-state index in [0.717, 1.165) is 31.2 Å². The van der Waals surface area contributed by atoms with Gasteiger partial charge in [-0.05, 0) is 25.3 Å². The normalized spacial score (nSPS) is 20.0. The van der Waals surface area contributed by atoms with Gasteiger partial charge < -0.3 is 16.0 Å². The van der Waals surface area contributed by atoms with Crippen LogP contribution in [0.4, 0.5) is 4.79 Å². The van der Waals surface area contributed by atoms with Crippen LogP contribution in [0, 0.1) is 0 Å². The third-order valence-corrected chi connectivity index (χ3v) is 4.12. The van der Waals surface area contributed by atoms with E-state index in [4.69, 9.17) is 5.73 Å². The largest absolute Gasteiger partial charge is 0.352 e. The van der Waals surface area contributed by atoms with E-state index < -0.39 is 12.1 Å². The number of hydrogen-bond acceptors (Lipinski definition) is 2. The van der Waals surface area contributed by atoms with Crippen molar-refractivity contribution in [2.45, 2.75) is 44.7 Å². The molecule has 2 rings (SSSR count). The van der Waals surface area contributed by atoms with Crippen molar-refractivity contribution in [3.8, 4) is 0 Å². The average molecular weight is 315 g/mol. The summed E-state index contributed by atoms with van der Waals surface area (Å²) in [4.78, 5) is 25.5. The zero-order valence-electron chi connectivity index (χ0n) is 13.6. The lowest BCUT2D eigenvalue weighted by Gasteiger charge is -2.30. The quantitative estimate of drug-likeness (QED) is 0.896. The molecule has 1 heterocycles. The molecule has 0 radical (unpaired) electrons. The minimum absolute atomic E-state index is 0.0577. The van der Waals surface area contributed by atoms with Crippen LogP contribution in [0.5, 0.6) is 0 Å². The molecule has 1 aliphatic heterocycles. The summed E-state index contributed by atoms with van der Waals surface area (Å²) in [6.45, 7) is 2.39. The lowest BCUT2D eigenvalue weighted by molar-refractivity contribution is -0.134. The van der Waals surface area contributed by atoms with E-state index in [1.165, 1.54) is 0 Å². The van der Waals surface area contributed by atoms with Gasteiger partial charge in [-0.2, -0.15) is 0 Å². The predicted octanol–water partition coefficient (Wildman–Crippen LogP) is 2.53. The number of primary amides is 1. The Hall–Kier alpha value is -2.30. The first kappa shape index (κ1) is 17.1. The number of rotatable bonds is 4. The number of benzene rings is 1. The van der Waals surface area contributed by atoms with Gasteiger partial charge in [0.1, 0.15) is 6.04 Å². The highest BCUT2D eigenvalue weighted by atomic mass is 16.2. The van der Waals surface area contributed by atoms with Gasteiger partial charge in [0.25, 0.3) is 0 Å². The molecule has 124 valence electrons. The molecule has 0 spiro atoms. The first-order valence-electron chi connectivity index (χ1n) is 8.17. The molecule has 1 saturated heterocycles. The summed E-state index contributed by atoms with van der Waals surface area (Å²) in [6, 6.07) is 8.84. The zero-order valence-corrected chi connectivity index (χ0v) is 13.6. The van der Waals surface area contributed by atoms with E-state index in [-0.39, 0.29) is 11.9 Å². The van der Waals surface area contributed by atoms with Crippen LogP contribution < -0.4 is 11.1 Å². The highest BCUT2D eigenvalue weighted by Crippen LogP contribution is 2.20. The van der Waals surface area contributed by atoms with Gasteiger partial charge in [-0.1, -0.05) is 55.3 Å². The van der Waals surface area contributed by atoms with Gasteiger partial charge in [0.05, 0.1) is 6.04 Å². The smallest absolute Gasteiger partial charge is 0.312 e. The summed E-state index contributed by atoms with van der Waals surface area (Å²) in [6.07, 6.45) is 8.31. The Morgan fingerprint density at radius 2 is 2.00 bits per heavy atom. The van der Waals surface area contributed by atoms with Gasteiger partial charge >= 0.3 is 6.03 Å². The molecule has 5 heteroatoms. The van der Waals surface area contributed by atoms with Gasteiger partial charge in [-0.15, -0.1) is 0 Å². The number of likely N-dealkylation sites (tertiary alicyclic amines) is 1. The van der Waals surface area contributed by atoms with E-state index >= 15 is 0 Å². The Morgan fingerprint density at radius 1 is 1.26 bits per heavy atom. The van der Waals surface area contributed by atoms with Crippen LogP contribution in [0.2, 0.25) is 0 Å². The van der Waals surface area contributed by atoms with Crippen LogP contribution in [-0.2, 0) is 4.79 Å².